The van der Waals surface area contributed by atoms with E-state index in [0.717, 1.165) is 0 Å². The third kappa shape index (κ3) is 4.55. The van der Waals surface area contributed by atoms with E-state index in [4.69, 9.17) is 14.7 Å². The Morgan fingerprint density at radius 2 is 1.76 bits per heavy atom. The molecule has 0 saturated carbocycles. The molecular weight excluding hydrogens is 326 g/mol. The molecular formula is C17H17N3O5. The maximum atomic E-state index is 12.1. The first kappa shape index (κ1) is 18.0. The highest BCUT2D eigenvalue weighted by atomic mass is 16.5. The highest BCUT2D eigenvalue weighted by Gasteiger charge is 2.09. The zero-order valence-electron chi connectivity index (χ0n) is 13.6. The van der Waals surface area contributed by atoms with Crippen LogP contribution in [0.5, 0.6) is 11.5 Å². The molecule has 0 heterocycles. The Morgan fingerprint density at radius 1 is 1.04 bits per heavy atom. The van der Waals surface area contributed by atoms with Gasteiger partial charge in [-0.2, -0.15) is 5.10 Å². The number of nitrogens with zero attached hydrogens (tertiary/aromatic N) is 1. The van der Waals surface area contributed by atoms with Crippen molar-refractivity contribution in [3.05, 3.63) is 59.2 Å². The van der Waals surface area contributed by atoms with Crippen LogP contribution >= 0.6 is 0 Å². The largest absolute Gasteiger partial charge is 0.497 e. The molecule has 130 valence electrons. The van der Waals surface area contributed by atoms with Crippen molar-refractivity contribution in [2.24, 2.45) is 5.10 Å². The first-order valence-electron chi connectivity index (χ1n) is 7.19. The number of amides is 2. The van der Waals surface area contributed by atoms with Gasteiger partial charge in [0.05, 0.1) is 20.4 Å². The van der Waals surface area contributed by atoms with Gasteiger partial charge >= 0.3 is 0 Å². The summed E-state index contributed by atoms with van der Waals surface area (Å²) in [6, 6.07) is 11.0. The van der Waals surface area contributed by atoms with E-state index in [9.17, 15) is 9.59 Å². The molecule has 0 radical (unpaired) electrons. The number of carbonyl (C=O) groups excluding carboxylic acids is 2. The summed E-state index contributed by atoms with van der Waals surface area (Å²) < 4.78 is 10.3. The van der Waals surface area contributed by atoms with E-state index >= 15 is 0 Å². The number of hydroxylamine groups is 1. The lowest BCUT2D eigenvalue weighted by Crippen LogP contribution is -2.21. The van der Waals surface area contributed by atoms with Gasteiger partial charge in [0, 0.05) is 22.8 Å². The van der Waals surface area contributed by atoms with Crippen molar-refractivity contribution in [3.63, 3.8) is 0 Å². The van der Waals surface area contributed by atoms with Gasteiger partial charge in [-0.05, 0) is 30.3 Å². The van der Waals surface area contributed by atoms with E-state index in [1.54, 1.807) is 25.3 Å². The molecule has 0 aromatic heterocycles. The first-order valence-corrected chi connectivity index (χ1v) is 7.19. The third-order valence-corrected chi connectivity index (χ3v) is 3.30. The summed E-state index contributed by atoms with van der Waals surface area (Å²) >= 11 is 0. The second kappa shape index (κ2) is 8.46. The van der Waals surface area contributed by atoms with Crippen LogP contribution in [0.4, 0.5) is 0 Å². The molecule has 0 bridgehead atoms. The van der Waals surface area contributed by atoms with Gasteiger partial charge in [-0.3, -0.25) is 14.8 Å². The number of hydrogen-bond donors (Lipinski definition) is 3. The van der Waals surface area contributed by atoms with Gasteiger partial charge in [-0.1, -0.05) is 6.07 Å². The summed E-state index contributed by atoms with van der Waals surface area (Å²) in [5, 5.41) is 12.5. The summed E-state index contributed by atoms with van der Waals surface area (Å²) in [6.45, 7) is 0. The van der Waals surface area contributed by atoms with Crippen LogP contribution in [0.2, 0.25) is 0 Å². The van der Waals surface area contributed by atoms with Crippen molar-refractivity contribution < 1.29 is 24.3 Å². The number of benzene rings is 2. The highest BCUT2D eigenvalue weighted by molar-refractivity contribution is 5.99. The Balaban J connectivity index is 2.09. The number of carbonyl (C=O) groups is 2. The standard InChI is InChI=1S/C17H17N3O5/c1-24-14-7-6-13(15(9-14)25-2)10-18-19-16(21)11-4-3-5-12(8-11)17(22)20-23/h3-10,23H,1-2H3,(H,19,21)(H,20,22)/b18-10+. The summed E-state index contributed by atoms with van der Waals surface area (Å²) in [5.74, 6) is -0.0339. The maximum absolute atomic E-state index is 12.1. The van der Waals surface area contributed by atoms with Gasteiger partial charge < -0.3 is 9.47 Å². The molecule has 0 saturated heterocycles. The normalized spacial score (nSPS) is 10.4. The second-order valence-electron chi connectivity index (χ2n) is 4.83. The fourth-order valence-corrected chi connectivity index (χ4v) is 2.02. The van der Waals surface area contributed by atoms with Crippen LogP contribution in [0.1, 0.15) is 26.3 Å². The van der Waals surface area contributed by atoms with Gasteiger partial charge in [-0.25, -0.2) is 10.9 Å². The highest BCUT2D eigenvalue weighted by Crippen LogP contribution is 2.22. The van der Waals surface area contributed by atoms with Gasteiger partial charge in [0.1, 0.15) is 11.5 Å². The molecule has 0 fully saturated rings. The second-order valence-corrected chi connectivity index (χ2v) is 4.83. The maximum Gasteiger partial charge on any atom is 0.274 e. The lowest BCUT2D eigenvalue weighted by atomic mass is 10.1. The average molecular weight is 343 g/mol. The zero-order valence-corrected chi connectivity index (χ0v) is 13.6. The van der Waals surface area contributed by atoms with Crippen LogP contribution < -0.4 is 20.4 Å². The fraction of sp³-hybridized carbons (Fsp3) is 0.118. The lowest BCUT2D eigenvalue weighted by molar-refractivity contribution is 0.0706. The van der Waals surface area contributed by atoms with Crippen LogP contribution in [0, 0.1) is 0 Å². The lowest BCUT2D eigenvalue weighted by Gasteiger charge is -2.07. The van der Waals surface area contributed by atoms with Crippen LogP contribution in [-0.4, -0.2) is 37.5 Å². The summed E-state index contributed by atoms with van der Waals surface area (Å²) in [5.41, 5.74) is 4.89. The van der Waals surface area contributed by atoms with Crippen molar-refractivity contribution in [3.8, 4) is 11.5 Å². The molecule has 0 aliphatic heterocycles. The predicted molar refractivity (Wildman–Crippen MR) is 90.3 cm³/mol. The number of nitrogens with one attached hydrogen (secondary N) is 2. The van der Waals surface area contributed by atoms with E-state index in [1.807, 2.05) is 0 Å². The quantitative estimate of drug-likeness (QED) is 0.419. The SMILES string of the molecule is COc1ccc(/C=N/NC(=O)c2cccc(C(=O)NO)c2)c(OC)c1. The molecule has 0 spiro atoms. The van der Waals surface area contributed by atoms with Crippen molar-refractivity contribution in [1.29, 1.82) is 0 Å². The molecule has 8 heteroatoms. The number of methoxy groups -OCH3 is 2. The first-order chi connectivity index (χ1) is 12.1. The smallest absolute Gasteiger partial charge is 0.274 e. The monoisotopic (exact) mass is 343 g/mol. The Labute approximate surface area is 144 Å². The van der Waals surface area contributed by atoms with Gasteiger partial charge in [-0.15, -0.1) is 0 Å². The third-order valence-electron chi connectivity index (χ3n) is 3.30. The minimum atomic E-state index is -0.707. The van der Waals surface area contributed by atoms with E-state index in [2.05, 4.69) is 10.5 Å². The van der Waals surface area contributed by atoms with Crippen LogP contribution in [-0.2, 0) is 0 Å². The van der Waals surface area contributed by atoms with E-state index < -0.39 is 11.8 Å². The minimum Gasteiger partial charge on any atom is -0.497 e. The van der Waals surface area contributed by atoms with E-state index in [-0.39, 0.29) is 11.1 Å². The van der Waals surface area contributed by atoms with Crippen molar-refractivity contribution in [1.82, 2.24) is 10.9 Å². The van der Waals surface area contributed by atoms with E-state index in [0.29, 0.717) is 17.1 Å². The molecule has 2 rings (SSSR count). The van der Waals surface area contributed by atoms with Crippen molar-refractivity contribution >= 4 is 18.0 Å². The summed E-state index contributed by atoms with van der Waals surface area (Å²) in [4.78, 5) is 23.4. The van der Waals surface area contributed by atoms with Crippen molar-refractivity contribution in [2.45, 2.75) is 0 Å². The number of hydrazone groups is 1. The molecule has 2 aromatic carbocycles. The minimum absolute atomic E-state index is 0.149. The van der Waals surface area contributed by atoms with Gasteiger partial charge in [0.2, 0.25) is 0 Å². The molecule has 3 N–H and O–H groups in total. The summed E-state index contributed by atoms with van der Waals surface area (Å²) in [6.07, 6.45) is 1.43. The van der Waals surface area contributed by atoms with Crippen LogP contribution in [0.15, 0.2) is 47.6 Å². The Kier molecular flexibility index (Phi) is 6.08. The topological polar surface area (TPSA) is 109 Å². The number of hydrogen-bond acceptors (Lipinski definition) is 6. The molecule has 2 aromatic rings. The average Bonchev–Trinajstić information content (AvgIpc) is 2.67. The molecule has 0 aliphatic rings. The number of rotatable bonds is 6. The van der Waals surface area contributed by atoms with Crippen LogP contribution in [0.25, 0.3) is 0 Å². The molecule has 0 atom stereocenters. The number of ether oxygens (including phenoxy) is 2. The van der Waals surface area contributed by atoms with Crippen LogP contribution in [0.3, 0.4) is 0 Å². The van der Waals surface area contributed by atoms with Crippen molar-refractivity contribution in [2.75, 3.05) is 14.2 Å². The molecule has 25 heavy (non-hydrogen) atoms. The summed E-state index contributed by atoms with van der Waals surface area (Å²) in [7, 11) is 3.07. The molecule has 0 aliphatic carbocycles. The van der Waals surface area contributed by atoms with Gasteiger partial charge in [0.15, 0.2) is 0 Å². The molecule has 8 nitrogen and oxygen atoms in total. The Hall–Kier alpha value is -3.39. The molecule has 0 unspecified atom stereocenters. The zero-order chi connectivity index (χ0) is 18.2. The Bertz CT molecular complexity index is 805. The van der Waals surface area contributed by atoms with E-state index in [1.165, 1.54) is 43.1 Å². The predicted octanol–water partition coefficient (Wildman–Crippen LogP) is 1.59. The fourth-order valence-electron chi connectivity index (χ4n) is 2.02. The van der Waals surface area contributed by atoms with Gasteiger partial charge in [0.25, 0.3) is 11.8 Å². The molecule has 2 amide bonds. The Morgan fingerprint density at radius 3 is 2.40 bits per heavy atom.